The van der Waals surface area contributed by atoms with Crippen molar-refractivity contribution in [2.75, 3.05) is 0 Å². The maximum Gasteiger partial charge on any atom is 0.179 e. The topological polar surface area (TPSA) is 35.9 Å². The molecule has 4 heterocycles. The highest BCUT2D eigenvalue weighted by Gasteiger charge is 2.42. The van der Waals surface area contributed by atoms with E-state index in [0.717, 1.165) is 55.2 Å². The van der Waals surface area contributed by atoms with Gasteiger partial charge in [0.1, 0.15) is 5.58 Å². The van der Waals surface area contributed by atoms with Gasteiger partial charge in [0.05, 0.1) is 22.1 Å². The molecular weight excluding hydrogens is 723 g/mol. The van der Waals surface area contributed by atoms with Crippen molar-refractivity contribution in [3.63, 3.8) is 0 Å². The fourth-order valence-electron chi connectivity index (χ4n) is 9.73. The van der Waals surface area contributed by atoms with Crippen molar-refractivity contribution in [2.45, 2.75) is 0 Å². The fraction of sp³-hybridized carbons (Fsp3) is 0. The lowest BCUT2D eigenvalue weighted by Gasteiger charge is -2.35. The van der Waals surface area contributed by atoms with Gasteiger partial charge in [-0.2, -0.15) is 0 Å². The Morgan fingerprint density at radius 1 is 0.379 bits per heavy atom. The number of pyridine rings is 1. The van der Waals surface area contributed by atoms with Gasteiger partial charge >= 0.3 is 0 Å². The molecule has 0 aliphatic carbocycles. The van der Waals surface area contributed by atoms with Crippen molar-refractivity contribution in [3.05, 3.63) is 213 Å². The fourth-order valence-corrected chi connectivity index (χ4v) is 14.5. The molecule has 8 aromatic carbocycles. The van der Waals surface area contributed by atoms with Crippen molar-refractivity contribution in [1.82, 2.24) is 14.1 Å². The van der Waals surface area contributed by atoms with E-state index < -0.39 is 8.07 Å². The van der Waals surface area contributed by atoms with E-state index in [1.807, 2.05) is 18.5 Å². The van der Waals surface area contributed by atoms with Gasteiger partial charge in [-0.1, -0.05) is 146 Å². The van der Waals surface area contributed by atoms with E-state index in [4.69, 9.17) is 4.42 Å². The SMILES string of the molecule is c1ccc([Si](c2ccccc2)(c2cccc(-n3c4ccccc4c4cnccc43)c2)c2cccc(-n3c4ccccc4c4ccc5c6ccccc6oc5c43)c2)cc1. The molecule has 0 radical (unpaired) electrons. The van der Waals surface area contributed by atoms with Gasteiger partial charge in [-0.05, 0) is 75.3 Å². The highest BCUT2D eigenvalue weighted by atomic mass is 28.3. The van der Waals surface area contributed by atoms with Crippen LogP contribution in [0.3, 0.4) is 0 Å². The molecule has 0 aliphatic heterocycles. The van der Waals surface area contributed by atoms with E-state index in [0.29, 0.717) is 0 Å². The van der Waals surface area contributed by atoms with Crippen molar-refractivity contribution in [1.29, 1.82) is 0 Å². The van der Waals surface area contributed by atoms with Crippen LogP contribution in [0.1, 0.15) is 0 Å². The first-order valence-electron chi connectivity index (χ1n) is 19.8. The van der Waals surface area contributed by atoms with Crippen LogP contribution in [0.2, 0.25) is 0 Å². The quantitative estimate of drug-likeness (QED) is 0.125. The lowest BCUT2D eigenvalue weighted by atomic mass is 10.1. The minimum absolute atomic E-state index is 0.898. The molecule has 0 saturated heterocycles. The Morgan fingerprint density at radius 3 is 1.59 bits per heavy atom. The van der Waals surface area contributed by atoms with Gasteiger partial charge in [-0.3, -0.25) is 4.98 Å². The molecule has 4 aromatic heterocycles. The van der Waals surface area contributed by atoms with Crippen LogP contribution >= 0.6 is 0 Å². The monoisotopic (exact) mass is 757 g/mol. The third-order valence-electron chi connectivity index (χ3n) is 12.1. The first-order chi connectivity index (χ1) is 28.8. The van der Waals surface area contributed by atoms with E-state index in [-0.39, 0.29) is 0 Å². The number of furan rings is 1. The zero-order chi connectivity index (χ0) is 38.2. The van der Waals surface area contributed by atoms with Crippen LogP contribution in [0.25, 0.3) is 76.9 Å². The molecule has 272 valence electrons. The molecule has 0 fully saturated rings. The van der Waals surface area contributed by atoms with E-state index >= 15 is 0 Å². The Kier molecular flexibility index (Phi) is 7.21. The molecule has 0 spiro atoms. The average molecular weight is 758 g/mol. The Hall–Kier alpha value is -7.47. The van der Waals surface area contributed by atoms with Crippen molar-refractivity contribution in [2.24, 2.45) is 0 Å². The summed E-state index contributed by atoms with van der Waals surface area (Å²) < 4.78 is 11.6. The molecule has 12 rings (SSSR count). The molecule has 5 heteroatoms. The summed E-state index contributed by atoms with van der Waals surface area (Å²) in [4.78, 5) is 4.53. The first-order valence-corrected chi connectivity index (χ1v) is 21.8. The van der Waals surface area contributed by atoms with Gasteiger partial charge in [0.25, 0.3) is 0 Å². The number of para-hydroxylation sites is 3. The smallest absolute Gasteiger partial charge is 0.179 e. The second-order valence-corrected chi connectivity index (χ2v) is 18.9. The van der Waals surface area contributed by atoms with Crippen LogP contribution < -0.4 is 20.7 Å². The van der Waals surface area contributed by atoms with E-state index in [1.165, 1.54) is 42.4 Å². The van der Waals surface area contributed by atoms with E-state index in [2.05, 4.69) is 208 Å². The molecule has 0 unspecified atom stereocenters. The van der Waals surface area contributed by atoms with Crippen LogP contribution in [-0.2, 0) is 0 Å². The summed E-state index contributed by atoms with van der Waals surface area (Å²) in [6, 6.07) is 73.4. The highest BCUT2D eigenvalue weighted by Crippen LogP contribution is 2.40. The molecule has 0 saturated carbocycles. The number of fused-ring (bicyclic) bond motifs is 10. The summed E-state index contributed by atoms with van der Waals surface area (Å²) in [5.41, 5.74) is 8.58. The third kappa shape index (κ3) is 4.65. The van der Waals surface area contributed by atoms with Gasteiger partial charge in [0.15, 0.2) is 13.7 Å². The number of hydrogen-bond donors (Lipinski definition) is 0. The third-order valence-corrected chi connectivity index (χ3v) is 16.9. The molecule has 0 atom stereocenters. The molecular formula is C53H35N3OSi. The first kappa shape index (κ1) is 32.7. The van der Waals surface area contributed by atoms with Gasteiger partial charge in [0, 0.05) is 56.1 Å². The predicted octanol–water partition coefficient (Wildman–Crippen LogP) is 10.6. The maximum absolute atomic E-state index is 6.75. The van der Waals surface area contributed by atoms with Gasteiger partial charge in [-0.15, -0.1) is 0 Å². The molecule has 12 aromatic rings. The minimum Gasteiger partial charge on any atom is -0.454 e. The molecule has 0 N–H and O–H groups in total. The number of benzene rings is 8. The number of hydrogen-bond acceptors (Lipinski definition) is 2. The predicted molar refractivity (Wildman–Crippen MR) is 244 cm³/mol. The summed E-state index contributed by atoms with van der Waals surface area (Å²) in [6.07, 6.45) is 3.89. The Balaban J connectivity index is 1.17. The number of nitrogens with zero attached hydrogens (tertiary/aromatic N) is 3. The summed E-state index contributed by atoms with van der Waals surface area (Å²) in [5.74, 6) is 0. The van der Waals surface area contributed by atoms with Crippen LogP contribution in [0.5, 0.6) is 0 Å². The van der Waals surface area contributed by atoms with Gasteiger partial charge in [0.2, 0.25) is 0 Å². The van der Waals surface area contributed by atoms with Gasteiger partial charge in [-0.25, -0.2) is 0 Å². The molecule has 0 bridgehead atoms. The maximum atomic E-state index is 6.75. The summed E-state index contributed by atoms with van der Waals surface area (Å²) in [7, 11) is -3.00. The van der Waals surface area contributed by atoms with Crippen molar-refractivity contribution >= 4 is 94.4 Å². The summed E-state index contributed by atoms with van der Waals surface area (Å²) in [6.45, 7) is 0. The summed E-state index contributed by atoms with van der Waals surface area (Å²) >= 11 is 0. The standard InChI is InChI=1S/C53H35N3OSi/c1-3-17-38(18-4-1)58(39-19-5-2-6-20-39,40-21-13-15-36(33-40)55-48-26-10-8-24-43(48)47-35-54-32-31-50(47)55)41-22-14-16-37(34-41)56-49-27-11-7-23-42(49)45-29-30-46-44-25-9-12-28-51(44)57-53(46)52(45)56/h1-35H. The molecule has 58 heavy (non-hydrogen) atoms. The normalized spacial score (nSPS) is 12.1. The van der Waals surface area contributed by atoms with E-state index in [9.17, 15) is 0 Å². The second-order valence-electron chi connectivity index (χ2n) is 15.1. The summed E-state index contributed by atoms with van der Waals surface area (Å²) in [5, 5.41) is 12.2. The van der Waals surface area contributed by atoms with Crippen LogP contribution in [-0.4, -0.2) is 22.2 Å². The minimum atomic E-state index is -3.00. The highest BCUT2D eigenvalue weighted by molar-refractivity contribution is 7.20. The number of aromatic nitrogens is 3. The van der Waals surface area contributed by atoms with Crippen LogP contribution in [0.4, 0.5) is 0 Å². The molecule has 4 nitrogen and oxygen atoms in total. The average Bonchev–Trinajstić information content (AvgIpc) is 3.96. The van der Waals surface area contributed by atoms with Crippen LogP contribution in [0, 0.1) is 0 Å². The zero-order valence-electron chi connectivity index (χ0n) is 31.5. The van der Waals surface area contributed by atoms with Crippen molar-refractivity contribution < 1.29 is 4.42 Å². The second kappa shape index (κ2) is 12.8. The van der Waals surface area contributed by atoms with Gasteiger partial charge < -0.3 is 13.6 Å². The lowest BCUT2D eigenvalue weighted by Crippen LogP contribution is -2.74. The number of rotatable bonds is 6. The van der Waals surface area contributed by atoms with E-state index in [1.54, 1.807) is 0 Å². The van der Waals surface area contributed by atoms with Crippen LogP contribution in [0.15, 0.2) is 217 Å². The van der Waals surface area contributed by atoms with Crippen molar-refractivity contribution in [3.8, 4) is 11.4 Å². The Labute approximate surface area is 335 Å². The lowest BCUT2D eigenvalue weighted by molar-refractivity contribution is 0.671. The molecule has 0 aliphatic rings. The molecule has 0 amide bonds. The Bertz CT molecular complexity index is 3430. The largest absolute Gasteiger partial charge is 0.454 e. The Morgan fingerprint density at radius 2 is 0.897 bits per heavy atom. The zero-order valence-corrected chi connectivity index (χ0v) is 32.5.